The number of hydrogen-bond acceptors (Lipinski definition) is 4. The molecule has 0 N–H and O–H groups in total. The number of rotatable bonds is 5. The zero-order valence-corrected chi connectivity index (χ0v) is 29.5. The van der Waals surface area contributed by atoms with Gasteiger partial charge in [0.25, 0.3) is 0 Å². The van der Waals surface area contributed by atoms with E-state index in [0.717, 1.165) is 50.1 Å². The molecule has 0 fully saturated rings. The van der Waals surface area contributed by atoms with Crippen molar-refractivity contribution in [1.82, 2.24) is 0 Å². The molecule has 244 valence electrons. The van der Waals surface area contributed by atoms with Gasteiger partial charge in [0.05, 0.1) is 16.1 Å². The van der Waals surface area contributed by atoms with E-state index in [2.05, 4.69) is 181 Å². The minimum absolute atomic E-state index is 0.873. The predicted molar refractivity (Wildman–Crippen MR) is 225 cm³/mol. The smallest absolute Gasteiger partial charge is 0.159 e. The largest absolute Gasteiger partial charge is 0.453 e. The van der Waals surface area contributed by atoms with Gasteiger partial charge in [-0.1, -0.05) is 140 Å². The van der Waals surface area contributed by atoms with Gasteiger partial charge in [-0.25, -0.2) is 0 Å². The number of benzene rings is 8. The first kappa shape index (κ1) is 29.5. The summed E-state index contributed by atoms with van der Waals surface area (Å²) in [5.41, 5.74) is 9.70. The number of fused-ring (bicyclic) bond motifs is 9. The van der Waals surface area contributed by atoms with Crippen LogP contribution in [0, 0.1) is 0 Å². The molecule has 0 radical (unpaired) electrons. The Balaban J connectivity index is 1.14. The third kappa shape index (κ3) is 4.48. The van der Waals surface area contributed by atoms with Gasteiger partial charge in [-0.15, -0.1) is 22.7 Å². The van der Waals surface area contributed by atoms with Gasteiger partial charge in [0.1, 0.15) is 5.58 Å². The van der Waals surface area contributed by atoms with Crippen molar-refractivity contribution < 1.29 is 4.42 Å². The first-order valence-electron chi connectivity index (χ1n) is 17.5. The highest BCUT2D eigenvalue weighted by Crippen LogP contribution is 2.49. The Hall–Kier alpha value is -6.20. The summed E-state index contributed by atoms with van der Waals surface area (Å²) >= 11 is 3.72. The molecule has 3 aromatic heterocycles. The van der Waals surface area contributed by atoms with Gasteiger partial charge < -0.3 is 9.32 Å². The maximum atomic E-state index is 7.00. The zero-order chi connectivity index (χ0) is 34.2. The number of anilines is 3. The first-order valence-corrected chi connectivity index (χ1v) is 19.1. The molecule has 0 saturated carbocycles. The molecule has 52 heavy (non-hydrogen) atoms. The van der Waals surface area contributed by atoms with Crippen LogP contribution in [0.25, 0.3) is 84.5 Å². The van der Waals surface area contributed by atoms with Crippen LogP contribution < -0.4 is 4.90 Å². The van der Waals surface area contributed by atoms with Crippen LogP contribution in [0.2, 0.25) is 0 Å². The molecule has 4 heteroatoms. The van der Waals surface area contributed by atoms with E-state index in [1.807, 2.05) is 22.7 Å². The summed E-state index contributed by atoms with van der Waals surface area (Å²) in [4.78, 5) is 2.40. The average molecular weight is 700 g/mol. The van der Waals surface area contributed by atoms with Crippen molar-refractivity contribution in [2.24, 2.45) is 0 Å². The highest BCUT2D eigenvalue weighted by molar-refractivity contribution is 7.26. The number of thiophene rings is 2. The topological polar surface area (TPSA) is 16.4 Å². The number of furan rings is 1. The monoisotopic (exact) mass is 699 g/mol. The van der Waals surface area contributed by atoms with Gasteiger partial charge in [0.15, 0.2) is 5.58 Å². The molecule has 0 unspecified atom stereocenters. The van der Waals surface area contributed by atoms with Crippen molar-refractivity contribution in [1.29, 1.82) is 0 Å². The molecule has 0 saturated heterocycles. The van der Waals surface area contributed by atoms with Crippen molar-refractivity contribution in [2.75, 3.05) is 4.90 Å². The summed E-state index contributed by atoms with van der Waals surface area (Å²) in [7, 11) is 0. The summed E-state index contributed by atoms with van der Waals surface area (Å²) < 4.78 is 12.2. The lowest BCUT2D eigenvalue weighted by molar-refractivity contribution is 0.670. The van der Waals surface area contributed by atoms with Crippen molar-refractivity contribution in [3.05, 3.63) is 176 Å². The molecule has 2 nitrogen and oxygen atoms in total. The van der Waals surface area contributed by atoms with E-state index in [9.17, 15) is 0 Å². The molecule has 0 aliphatic carbocycles. The van der Waals surface area contributed by atoms with Crippen LogP contribution in [-0.2, 0) is 0 Å². The lowest BCUT2D eigenvalue weighted by Crippen LogP contribution is -2.10. The van der Waals surface area contributed by atoms with Gasteiger partial charge in [-0.2, -0.15) is 0 Å². The Morgan fingerprint density at radius 2 is 0.865 bits per heavy atom. The first-order chi connectivity index (χ1) is 25.8. The van der Waals surface area contributed by atoms with Crippen molar-refractivity contribution in [2.45, 2.75) is 0 Å². The van der Waals surface area contributed by atoms with Crippen molar-refractivity contribution >= 4 is 102 Å². The quantitative estimate of drug-likeness (QED) is 0.178. The fourth-order valence-electron chi connectivity index (χ4n) is 7.91. The molecular weight excluding hydrogens is 671 g/mol. The third-order valence-corrected chi connectivity index (χ3v) is 12.7. The zero-order valence-electron chi connectivity index (χ0n) is 27.9. The highest BCUT2D eigenvalue weighted by atomic mass is 32.1. The fraction of sp³-hybridized carbons (Fsp3) is 0. The van der Waals surface area contributed by atoms with E-state index in [1.165, 1.54) is 51.5 Å². The van der Waals surface area contributed by atoms with Crippen LogP contribution >= 0.6 is 22.7 Å². The number of para-hydroxylation sites is 2. The lowest BCUT2D eigenvalue weighted by Gasteiger charge is -2.26. The van der Waals surface area contributed by atoms with E-state index in [4.69, 9.17) is 4.42 Å². The standard InChI is InChI=1S/C48H29NOS2/c1-2-12-30(13-3-1)33-16-8-18-37-38-19-10-22-41(46(38)50-45(33)37)49(42-23-11-21-40-36-15-5-7-25-44(36)52-48(40)42)32-28-26-31(27-29-32)34-17-9-20-39-35-14-4-6-24-43(35)51-47(34)39/h1-29H. The average Bonchev–Trinajstić information content (AvgIpc) is 3.91. The molecule has 0 atom stereocenters. The second kappa shape index (κ2) is 11.7. The van der Waals surface area contributed by atoms with E-state index in [1.54, 1.807) is 0 Å². The third-order valence-electron chi connectivity index (χ3n) is 10.3. The summed E-state index contributed by atoms with van der Waals surface area (Å²) in [6.45, 7) is 0. The highest BCUT2D eigenvalue weighted by Gasteiger charge is 2.23. The Kier molecular flexibility index (Phi) is 6.63. The van der Waals surface area contributed by atoms with Gasteiger partial charge in [-0.05, 0) is 53.1 Å². The molecule has 0 bridgehead atoms. The molecule has 0 aliphatic heterocycles. The Labute approximate surface area is 308 Å². The Bertz CT molecular complexity index is 3130. The van der Waals surface area contributed by atoms with Gasteiger partial charge in [-0.3, -0.25) is 0 Å². The molecule has 3 heterocycles. The van der Waals surface area contributed by atoms with Gasteiger partial charge in [0, 0.05) is 57.7 Å². The molecule has 11 aromatic rings. The minimum Gasteiger partial charge on any atom is -0.453 e. The fourth-order valence-corrected chi connectivity index (χ4v) is 10.4. The van der Waals surface area contributed by atoms with Crippen LogP contribution in [0.1, 0.15) is 0 Å². The molecule has 11 rings (SSSR count). The Morgan fingerprint density at radius 1 is 0.346 bits per heavy atom. The second-order valence-electron chi connectivity index (χ2n) is 13.2. The SMILES string of the molecule is c1ccc(-c2cccc3c2oc2c(N(c4ccc(-c5cccc6c5sc5ccccc56)cc4)c4cccc5c4sc4ccccc45)cccc23)cc1. The van der Waals surface area contributed by atoms with E-state index >= 15 is 0 Å². The molecular formula is C48H29NOS2. The second-order valence-corrected chi connectivity index (χ2v) is 15.3. The Morgan fingerprint density at radius 3 is 1.60 bits per heavy atom. The summed E-state index contributed by atoms with van der Waals surface area (Å²) in [6.07, 6.45) is 0. The molecule has 0 amide bonds. The maximum absolute atomic E-state index is 7.00. The lowest BCUT2D eigenvalue weighted by atomic mass is 10.0. The van der Waals surface area contributed by atoms with Crippen LogP contribution in [0.4, 0.5) is 17.1 Å². The van der Waals surface area contributed by atoms with Crippen LogP contribution in [0.5, 0.6) is 0 Å². The normalized spacial score (nSPS) is 11.8. The molecule has 0 aliphatic rings. The maximum Gasteiger partial charge on any atom is 0.159 e. The summed E-state index contributed by atoms with van der Waals surface area (Å²) in [5, 5.41) is 7.39. The van der Waals surface area contributed by atoms with Crippen LogP contribution in [0.3, 0.4) is 0 Å². The molecule has 0 spiro atoms. The van der Waals surface area contributed by atoms with Crippen molar-refractivity contribution in [3.63, 3.8) is 0 Å². The van der Waals surface area contributed by atoms with Crippen molar-refractivity contribution in [3.8, 4) is 22.3 Å². The van der Waals surface area contributed by atoms with E-state index < -0.39 is 0 Å². The van der Waals surface area contributed by atoms with E-state index in [-0.39, 0.29) is 0 Å². The number of nitrogens with zero attached hydrogens (tertiary/aromatic N) is 1. The minimum atomic E-state index is 0.873. The molecule has 8 aromatic carbocycles. The van der Waals surface area contributed by atoms with Gasteiger partial charge in [0.2, 0.25) is 0 Å². The summed E-state index contributed by atoms with van der Waals surface area (Å²) in [5.74, 6) is 0. The number of hydrogen-bond donors (Lipinski definition) is 0. The predicted octanol–water partition coefficient (Wildman–Crippen LogP) is 15.1. The van der Waals surface area contributed by atoms with Gasteiger partial charge >= 0.3 is 0 Å². The van der Waals surface area contributed by atoms with Crippen LogP contribution in [-0.4, -0.2) is 0 Å². The summed E-state index contributed by atoms with van der Waals surface area (Å²) in [6, 6.07) is 63.4. The van der Waals surface area contributed by atoms with Crippen LogP contribution in [0.15, 0.2) is 180 Å². The van der Waals surface area contributed by atoms with E-state index in [0.29, 0.717) is 0 Å².